The molecule has 0 amide bonds. The highest BCUT2D eigenvalue weighted by Gasteiger charge is 2.08. The first-order valence-electron chi connectivity index (χ1n) is 5.49. The normalized spacial score (nSPS) is 12.7. The third-order valence-electron chi connectivity index (χ3n) is 2.63. The highest BCUT2D eigenvalue weighted by atomic mass is 79.9. The van der Waals surface area contributed by atoms with Crippen LogP contribution >= 0.6 is 43.2 Å². The number of nitrogens with one attached hydrogen (secondary N) is 1. The van der Waals surface area contributed by atoms with E-state index in [2.05, 4.69) is 43.2 Å². The summed E-state index contributed by atoms with van der Waals surface area (Å²) in [7, 11) is 0. The van der Waals surface area contributed by atoms with E-state index in [-0.39, 0.29) is 11.9 Å². The average Bonchev–Trinajstić information content (AvgIpc) is 2.66. The molecule has 2 rings (SSSR count). The summed E-state index contributed by atoms with van der Waals surface area (Å²) < 4.78 is 15.3. The van der Waals surface area contributed by atoms with Crippen LogP contribution in [0, 0.1) is 5.82 Å². The molecule has 1 unspecified atom stereocenters. The van der Waals surface area contributed by atoms with Crippen molar-refractivity contribution in [2.24, 2.45) is 0 Å². The van der Waals surface area contributed by atoms with Crippen LogP contribution in [0.3, 0.4) is 0 Å². The highest BCUT2D eigenvalue weighted by Crippen LogP contribution is 2.32. The SMILES string of the molecule is CC(NCc1cc(Br)c(Br)s1)c1cccc(F)c1. The zero-order chi connectivity index (χ0) is 13.1. The lowest BCUT2D eigenvalue weighted by atomic mass is 10.1. The molecule has 1 aromatic carbocycles. The molecule has 0 spiro atoms. The minimum atomic E-state index is -0.192. The smallest absolute Gasteiger partial charge is 0.123 e. The average molecular weight is 393 g/mol. The summed E-state index contributed by atoms with van der Waals surface area (Å²) in [5.74, 6) is -0.192. The van der Waals surface area contributed by atoms with E-state index in [1.165, 1.54) is 10.9 Å². The van der Waals surface area contributed by atoms with Crippen molar-refractivity contribution in [3.63, 3.8) is 0 Å². The standard InChI is InChI=1S/C13H12Br2FNS/c1-8(9-3-2-4-10(16)5-9)17-7-11-6-12(14)13(15)18-11/h2-6,8,17H,7H2,1H3. The Morgan fingerprint density at radius 2 is 2.11 bits per heavy atom. The monoisotopic (exact) mass is 391 g/mol. The van der Waals surface area contributed by atoms with E-state index in [0.717, 1.165) is 20.4 Å². The van der Waals surface area contributed by atoms with Gasteiger partial charge in [0.1, 0.15) is 5.82 Å². The van der Waals surface area contributed by atoms with E-state index in [4.69, 9.17) is 0 Å². The molecule has 1 nitrogen and oxygen atoms in total. The summed E-state index contributed by atoms with van der Waals surface area (Å²) in [5.41, 5.74) is 0.963. The van der Waals surface area contributed by atoms with Crippen molar-refractivity contribution >= 4 is 43.2 Å². The fourth-order valence-electron chi connectivity index (χ4n) is 1.63. The van der Waals surface area contributed by atoms with Gasteiger partial charge in [0.25, 0.3) is 0 Å². The Balaban J connectivity index is 1.98. The largest absolute Gasteiger partial charge is 0.305 e. The van der Waals surface area contributed by atoms with Gasteiger partial charge in [0.15, 0.2) is 0 Å². The maximum atomic E-state index is 13.1. The summed E-state index contributed by atoms with van der Waals surface area (Å²) in [6.07, 6.45) is 0. The van der Waals surface area contributed by atoms with Crippen LogP contribution in [0.15, 0.2) is 38.6 Å². The van der Waals surface area contributed by atoms with E-state index in [1.807, 2.05) is 13.0 Å². The van der Waals surface area contributed by atoms with Crippen LogP contribution in [-0.4, -0.2) is 0 Å². The van der Waals surface area contributed by atoms with Gasteiger partial charge in [-0.2, -0.15) is 0 Å². The fraction of sp³-hybridized carbons (Fsp3) is 0.231. The van der Waals surface area contributed by atoms with Crippen LogP contribution < -0.4 is 5.32 Å². The molecule has 0 radical (unpaired) electrons. The Morgan fingerprint density at radius 3 is 2.72 bits per heavy atom. The van der Waals surface area contributed by atoms with Gasteiger partial charge in [-0.25, -0.2) is 4.39 Å². The first-order chi connectivity index (χ1) is 8.56. The fourth-order valence-corrected chi connectivity index (χ4v) is 3.75. The van der Waals surface area contributed by atoms with Crippen LogP contribution in [0.25, 0.3) is 0 Å². The lowest BCUT2D eigenvalue weighted by molar-refractivity contribution is 0.568. The quantitative estimate of drug-likeness (QED) is 0.747. The van der Waals surface area contributed by atoms with Crippen molar-refractivity contribution in [3.8, 4) is 0 Å². The lowest BCUT2D eigenvalue weighted by Crippen LogP contribution is -2.17. The van der Waals surface area contributed by atoms with Gasteiger partial charge in [0.05, 0.1) is 3.79 Å². The molecule has 18 heavy (non-hydrogen) atoms. The van der Waals surface area contributed by atoms with Crippen LogP contribution in [0.5, 0.6) is 0 Å². The minimum Gasteiger partial charge on any atom is -0.305 e. The van der Waals surface area contributed by atoms with Crippen LogP contribution in [0.4, 0.5) is 4.39 Å². The van der Waals surface area contributed by atoms with Gasteiger partial charge in [0.2, 0.25) is 0 Å². The summed E-state index contributed by atoms with van der Waals surface area (Å²) in [5, 5.41) is 3.39. The maximum absolute atomic E-state index is 13.1. The predicted octanol–water partition coefficient (Wildman–Crippen LogP) is 5.26. The van der Waals surface area contributed by atoms with Crippen molar-refractivity contribution < 1.29 is 4.39 Å². The first kappa shape index (κ1) is 14.2. The molecule has 96 valence electrons. The molecule has 0 fully saturated rings. The number of hydrogen-bond acceptors (Lipinski definition) is 2. The molecule has 0 aliphatic heterocycles. The number of thiophene rings is 1. The number of halogens is 3. The third-order valence-corrected chi connectivity index (χ3v) is 5.88. The topological polar surface area (TPSA) is 12.0 Å². The first-order valence-corrected chi connectivity index (χ1v) is 7.89. The molecule has 0 saturated heterocycles. The number of rotatable bonds is 4. The van der Waals surface area contributed by atoms with Gasteiger partial charge in [0, 0.05) is 21.9 Å². The zero-order valence-corrected chi connectivity index (χ0v) is 13.7. The van der Waals surface area contributed by atoms with Gasteiger partial charge >= 0.3 is 0 Å². The Hall–Kier alpha value is -0.230. The lowest BCUT2D eigenvalue weighted by Gasteiger charge is -2.13. The maximum Gasteiger partial charge on any atom is 0.123 e. The van der Waals surface area contributed by atoms with Crippen LogP contribution in [0.2, 0.25) is 0 Å². The van der Waals surface area contributed by atoms with Crippen molar-refractivity contribution in [3.05, 3.63) is 54.8 Å². The molecule has 1 aromatic heterocycles. The van der Waals surface area contributed by atoms with Gasteiger partial charge < -0.3 is 5.32 Å². The molecule has 5 heteroatoms. The van der Waals surface area contributed by atoms with E-state index in [9.17, 15) is 4.39 Å². The van der Waals surface area contributed by atoms with E-state index < -0.39 is 0 Å². The Bertz CT molecular complexity index is 522. The highest BCUT2D eigenvalue weighted by molar-refractivity contribution is 9.13. The second-order valence-electron chi connectivity index (χ2n) is 3.99. The Morgan fingerprint density at radius 1 is 1.33 bits per heavy atom. The van der Waals surface area contributed by atoms with Crippen molar-refractivity contribution in [2.75, 3.05) is 0 Å². The number of hydrogen-bond donors (Lipinski definition) is 1. The molecule has 2 aromatic rings. The molecule has 1 atom stereocenters. The zero-order valence-electron chi connectivity index (χ0n) is 9.71. The van der Waals surface area contributed by atoms with E-state index in [0.29, 0.717) is 0 Å². The number of benzene rings is 1. The third kappa shape index (κ3) is 3.63. The molecule has 0 bridgehead atoms. The van der Waals surface area contributed by atoms with Gasteiger partial charge in [-0.1, -0.05) is 12.1 Å². The van der Waals surface area contributed by atoms with E-state index in [1.54, 1.807) is 23.5 Å². The predicted molar refractivity (Wildman–Crippen MR) is 81.4 cm³/mol. The second-order valence-corrected chi connectivity index (χ2v) is 7.30. The van der Waals surface area contributed by atoms with Crippen LogP contribution in [0.1, 0.15) is 23.4 Å². The van der Waals surface area contributed by atoms with E-state index >= 15 is 0 Å². The van der Waals surface area contributed by atoms with Gasteiger partial charge in [-0.3, -0.25) is 0 Å². The summed E-state index contributed by atoms with van der Waals surface area (Å²) in [6.45, 7) is 2.80. The molecular formula is C13H12Br2FNS. The van der Waals surface area contributed by atoms with Crippen molar-refractivity contribution in [1.29, 1.82) is 0 Å². The Kier molecular flexibility index (Phi) is 4.95. The molecule has 0 saturated carbocycles. The molecule has 0 aliphatic rings. The molecular weight excluding hydrogens is 381 g/mol. The summed E-state index contributed by atoms with van der Waals surface area (Å²) in [4.78, 5) is 1.23. The second kappa shape index (κ2) is 6.28. The van der Waals surface area contributed by atoms with Crippen molar-refractivity contribution in [2.45, 2.75) is 19.5 Å². The van der Waals surface area contributed by atoms with Crippen molar-refractivity contribution in [1.82, 2.24) is 5.32 Å². The Labute approximate surface area is 127 Å². The molecule has 1 heterocycles. The van der Waals surface area contributed by atoms with Gasteiger partial charge in [-0.15, -0.1) is 11.3 Å². The van der Waals surface area contributed by atoms with Crippen LogP contribution in [-0.2, 0) is 6.54 Å². The van der Waals surface area contributed by atoms with Gasteiger partial charge in [-0.05, 0) is 62.5 Å². The molecule has 1 N–H and O–H groups in total. The summed E-state index contributed by atoms with van der Waals surface area (Å²) in [6, 6.07) is 8.91. The summed E-state index contributed by atoms with van der Waals surface area (Å²) >= 11 is 8.62. The minimum absolute atomic E-state index is 0.125. The molecule has 0 aliphatic carbocycles.